The first-order valence-corrected chi connectivity index (χ1v) is 8.96. The summed E-state index contributed by atoms with van der Waals surface area (Å²) in [5.41, 5.74) is -0.361. The van der Waals surface area contributed by atoms with E-state index in [4.69, 9.17) is 5.11 Å². The molecule has 0 unspecified atom stereocenters. The molecule has 0 aromatic carbocycles. The number of hydrogen-bond acceptors (Lipinski definition) is 4. The molecule has 1 rings (SSSR count). The van der Waals surface area contributed by atoms with Gasteiger partial charge in [-0.15, -0.1) is 11.3 Å². The van der Waals surface area contributed by atoms with Gasteiger partial charge in [-0.25, -0.2) is 13.1 Å². The number of sulfonamides is 1. The zero-order valence-corrected chi connectivity index (χ0v) is 13.4. The fourth-order valence-electron chi connectivity index (χ4n) is 2.05. The second-order valence-electron chi connectivity index (χ2n) is 4.64. The lowest BCUT2D eigenvalue weighted by Crippen LogP contribution is -2.46. The first-order chi connectivity index (χ1) is 8.93. The molecule has 110 valence electrons. The van der Waals surface area contributed by atoms with Crippen LogP contribution in [0.2, 0.25) is 0 Å². The van der Waals surface area contributed by atoms with Gasteiger partial charge in [-0.1, -0.05) is 20.8 Å². The van der Waals surface area contributed by atoms with Crippen LogP contribution in [0.1, 0.15) is 44.9 Å². The third-order valence-electron chi connectivity index (χ3n) is 3.64. The van der Waals surface area contributed by atoms with Gasteiger partial charge in [0.05, 0.1) is 0 Å². The Balaban J connectivity index is 2.96. The van der Waals surface area contributed by atoms with Crippen LogP contribution in [0, 0.1) is 0 Å². The van der Waals surface area contributed by atoms with E-state index in [0.29, 0.717) is 10.6 Å². The van der Waals surface area contributed by atoms with Crippen LogP contribution in [0.3, 0.4) is 0 Å². The first kappa shape index (κ1) is 16.6. The molecule has 0 saturated carbocycles. The molecule has 0 bridgehead atoms. The highest BCUT2D eigenvalue weighted by Crippen LogP contribution is 2.26. The maximum atomic E-state index is 12.4. The van der Waals surface area contributed by atoms with Crippen molar-refractivity contribution in [2.24, 2.45) is 0 Å². The molecule has 1 aromatic heterocycles. The molecule has 6 heteroatoms. The molecule has 4 nitrogen and oxygen atoms in total. The first-order valence-electron chi connectivity index (χ1n) is 6.66. The van der Waals surface area contributed by atoms with Gasteiger partial charge in [0, 0.05) is 23.4 Å². The molecule has 0 aliphatic heterocycles. The lowest BCUT2D eigenvalue weighted by Gasteiger charge is -2.30. The summed E-state index contributed by atoms with van der Waals surface area (Å²) in [5.74, 6) is 0. The highest BCUT2D eigenvalue weighted by Gasteiger charge is 2.31. The predicted octanol–water partition coefficient (Wildman–Crippen LogP) is 2.53. The molecule has 0 aliphatic rings. The number of aliphatic hydroxyl groups is 1. The standard InChI is InChI=1S/C13H23NO3S2/c1-4-13(5-2,6-3)14-19(16,17)12-8-7-11(18-12)9-10-15/h7-8,14-15H,4-6,9-10H2,1-3H3. The van der Waals surface area contributed by atoms with Crippen LogP contribution in [0.5, 0.6) is 0 Å². The minimum Gasteiger partial charge on any atom is -0.396 e. The topological polar surface area (TPSA) is 66.4 Å². The number of thiophene rings is 1. The number of nitrogens with one attached hydrogen (secondary N) is 1. The van der Waals surface area contributed by atoms with Crippen molar-refractivity contribution in [2.75, 3.05) is 6.61 Å². The highest BCUT2D eigenvalue weighted by molar-refractivity contribution is 7.91. The van der Waals surface area contributed by atoms with Gasteiger partial charge in [-0.2, -0.15) is 0 Å². The van der Waals surface area contributed by atoms with Crippen molar-refractivity contribution in [3.8, 4) is 0 Å². The average Bonchev–Trinajstić information content (AvgIpc) is 2.86. The maximum absolute atomic E-state index is 12.4. The van der Waals surface area contributed by atoms with E-state index in [2.05, 4.69) is 4.72 Å². The van der Waals surface area contributed by atoms with Crippen molar-refractivity contribution in [1.29, 1.82) is 0 Å². The Labute approximate surface area is 119 Å². The van der Waals surface area contributed by atoms with Crippen LogP contribution in [0.25, 0.3) is 0 Å². The Bertz CT molecular complexity index is 481. The molecule has 1 heterocycles. The van der Waals surface area contributed by atoms with Crippen molar-refractivity contribution >= 4 is 21.4 Å². The van der Waals surface area contributed by atoms with Gasteiger partial charge < -0.3 is 5.11 Å². The van der Waals surface area contributed by atoms with Gasteiger partial charge >= 0.3 is 0 Å². The Hall–Kier alpha value is -0.430. The van der Waals surface area contributed by atoms with Crippen LogP contribution in [0.15, 0.2) is 16.3 Å². The number of rotatable bonds is 8. The molecular weight excluding hydrogens is 282 g/mol. The van der Waals surface area contributed by atoms with Crippen molar-refractivity contribution in [1.82, 2.24) is 4.72 Å². The van der Waals surface area contributed by atoms with Crippen LogP contribution in [-0.2, 0) is 16.4 Å². The van der Waals surface area contributed by atoms with Crippen LogP contribution in [0.4, 0.5) is 0 Å². The van der Waals surface area contributed by atoms with Gasteiger partial charge in [-0.3, -0.25) is 0 Å². The van der Waals surface area contributed by atoms with Crippen molar-refractivity contribution in [3.05, 3.63) is 17.0 Å². The van der Waals surface area contributed by atoms with Gasteiger partial charge in [0.2, 0.25) is 0 Å². The van der Waals surface area contributed by atoms with E-state index in [0.717, 1.165) is 24.1 Å². The molecule has 19 heavy (non-hydrogen) atoms. The summed E-state index contributed by atoms with van der Waals surface area (Å²) < 4.78 is 27.9. The molecule has 0 spiro atoms. The smallest absolute Gasteiger partial charge is 0.250 e. The van der Waals surface area contributed by atoms with Crippen molar-refractivity contribution in [2.45, 2.75) is 56.2 Å². The second kappa shape index (κ2) is 6.83. The molecular formula is C13H23NO3S2. The molecule has 0 atom stereocenters. The minimum absolute atomic E-state index is 0.0379. The monoisotopic (exact) mass is 305 g/mol. The summed E-state index contributed by atoms with van der Waals surface area (Å²) in [6.45, 7) is 6.04. The largest absolute Gasteiger partial charge is 0.396 e. The molecule has 0 radical (unpaired) electrons. The number of hydrogen-bond donors (Lipinski definition) is 2. The number of aliphatic hydroxyl groups excluding tert-OH is 1. The lowest BCUT2D eigenvalue weighted by molar-refractivity contribution is 0.300. The zero-order valence-electron chi connectivity index (χ0n) is 11.8. The molecule has 0 saturated heterocycles. The van der Waals surface area contributed by atoms with E-state index in [9.17, 15) is 8.42 Å². The molecule has 1 aromatic rings. The van der Waals surface area contributed by atoms with Gasteiger partial charge in [0.25, 0.3) is 10.0 Å². The molecule has 0 aliphatic carbocycles. The van der Waals surface area contributed by atoms with Gasteiger partial charge in [0.15, 0.2) is 0 Å². The van der Waals surface area contributed by atoms with Gasteiger partial charge in [0.1, 0.15) is 4.21 Å². The SMILES string of the molecule is CCC(CC)(CC)NS(=O)(=O)c1ccc(CCO)s1. The van der Waals surface area contributed by atoms with Crippen molar-refractivity contribution in [3.63, 3.8) is 0 Å². The summed E-state index contributed by atoms with van der Waals surface area (Å²) in [4.78, 5) is 0.887. The summed E-state index contributed by atoms with van der Waals surface area (Å²) in [6.07, 6.45) is 2.82. The molecule has 0 fully saturated rings. The van der Waals surface area contributed by atoms with Gasteiger partial charge in [-0.05, 0) is 31.4 Å². The Morgan fingerprint density at radius 1 is 1.21 bits per heavy atom. The summed E-state index contributed by atoms with van der Waals surface area (Å²) in [7, 11) is -3.46. The van der Waals surface area contributed by atoms with E-state index < -0.39 is 10.0 Å². The minimum atomic E-state index is -3.46. The third kappa shape index (κ3) is 4.02. The normalized spacial score (nSPS) is 12.8. The third-order valence-corrected chi connectivity index (χ3v) is 6.86. The Kier molecular flexibility index (Phi) is 5.98. The lowest BCUT2D eigenvalue weighted by atomic mass is 9.91. The van der Waals surface area contributed by atoms with Crippen LogP contribution >= 0.6 is 11.3 Å². The van der Waals surface area contributed by atoms with E-state index in [1.54, 1.807) is 12.1 Å². The fourth-order valence-corrected chi connectivity index (χ4v) is 5.01. The van der Waals surface area contributed by atoms with Crippen molar-refractivity contribution < 1.29 is 13.5 Å². The van der Waals surface area contributed by atoms with E-state index >= 15 is 0 Å². The Morgan fingerprint density at radius 3 is 2.26 bits per heavy atom. The Morgan fingerprint density at radius 2 is 1.79 bits per heavy atom. The van der Waals surface area contributed by atoms with E-state index in [1.165, 1.54) is 11.3 Å². The van der Waals surface area contributed by atoms with E-state index in [1.807, 2.05) is 20.8 Å². The van der Waals surface area contributed by atoms with Crippen LogP contribution < -0.4 is 4.72 Å². The van der Waals surface area contributed by atoms with E-state index in [-0.39, 0.29) is 12.1 Å². The molecule has 0 amide bonds. The summed E-state index contributed by atoms with van der Waals surface area (Å²) in [6, 6.07) is 3.38. The second-order valence-corrected chi connectivity index (χ2v) is 7.72. The zero-order chi connectivity index (χ0) is 14.5. The summed E-state index contributed by atoms with van der Waals surface area (Å²) in [5, 5.41) is 8.87. The summed E-state index contributed by atoms with van der Waals surface area (Å²) >= 11 is 1.23. The predicted molar refractivity (Wildman–Crippen MR) is 79.0 cm³/mol. The average molecular weight is 305 g/mol. The fraction of sp³-hybridized carbons (Fsp3) is 0.692. The van der Waals surface area contributed by atoms with Crippen LogP contribution in [-0.4, -0.2) is 25.7 Å². The highest BCUT2D eigenvalue weighted by atomic mass is 32.2. The molecule has 2 N–H and O–H groups in total. The maximum Gasteiger partial charge on any atom is 0.250 e. The quantitative estimate of drug-likeness (QED) is 0.775.